The summed E-state index contributed by atoms with van der Waals surface area (Å²) in [6.45, 7) is 6.96. The topological polar surface area (TPSA) is 49.8 Å². The lowest BCUT2D eigenvalue weighted by Crippen LogP contribution is -2.36. The van der Waals surface area contributed by atoms with Crippen LogP contribution in [-0.4, -0.2) is 42.3 Å². The summed E-state index contributed by atoms with van der Waals surface area (Å²) < 4.78 is 5.20. The summed E-state index contributed by atoms with van der Waals surface area (Å²) in [6.07, 6.45) is 5.07. The molecule has 1 aromatic heterocycles. The molecule has 118 valence electrons. The Morgan fingerprint density at radius 3 is 2.71 bits per heavy atom. The fraction of sp³-hybridized carbons (Fsp3) is 0.562. The fourth-order valence-corrected chi connectivity index (χ4v) is 3.27. The molecule has 1 aromatic rings. The lowest BCUT2D eigenvalue weighted by Gasteiger charge is -2.29. The minimum atomic E-state index is -0.913. The van der Waals surface area contributed by atoms with Crippen molar-refractivity contribution in [3.05, 3.63) is 28.0 Å². The number of nitrogens with zero attached hydrogens (tertiary/aromatic N) is 1. The second-order valence-corrected chi connectivity index (χ2v) is 6.11. The number of carboxylic acid groups (broad SMARTS) is 1. The fourth-order valence-electron chi connectivity index (χ4n) is 2.33. The molecule has 0 aliphatic heterocycles. The average molecular weight is 311 g/mol. The number of aliphatic carboxylic acids is 1. The first-order chi connectivity index (χ1) is 10.1. The van der Waals surface area contributed by atoms with Crippen molar-refractivity contribution in [2.45, 2.75) is 39.3 Å². The minimum absolute atomic E-state index is 0.556. The number of hydrogen-bond acceptors (Lipinski definition) is 4. The zero-order chi connectivity index (χ0) is 15.7. The number of carboxylic acids is 1. The molecule has 0 atom stereocenters. The van der Waals surface area contributed by atoms with E-state index >= 15 is 0 Å². The predicted octanol–water partition coefficient (Wildman–Crippen LogP) is 3.48. The van der Waals surface area contributed by atoms with Crippen LogP contribution in [-0.2, 0) is 16.1 Å². The highest BCUT2D eigenvalue weighted by atomic mass is 32.1. The summed E-state index contributed by atoms with van der Waals surface area (Å²) in [4.78, 5) is 15.2. The van der Waals surface area contributed by atoms with Crippen molar-refractivity contribution in [1.82, 2.24) is 4.90 Å². The van der Waals surface area contributed by atoms with Gasteiger partial charge in [-0.1, -0.05) is 13.8 Å². The summed E-state index contributed by atoms with van der Waals surface area (Å²) in [5.41, 5.74) is 0. The van der Waals surface area contributed by atoms with Crippen LogP contribution in [0.25, 0.3) is 6.08 Å². The van der Waals surface area contributed by atoms with Crippen molar-refractivity contribution < 1.29 is 14.6 Å². The SMILES string of the molecule is CCC(CC)N(CCOC)Cc1ccc(C=CC(=O)O)s1. The second-order valence-electron chi connectivity index (χ2n) is 4.91. The van der Waals surface area contributed by atoms with Crippen LogP contribution in [0, 0.1) is 0 Å². The molecule has 21 heavy (non-hydrogen) atoms. The maximum atomic E-state index is 10.5. The van der Waals surface area contributed by atoms with Gasteiger partial charge in [-0.05, 0) is 31.1 Å². The number of ether oxygens (including phenoxy) is 1. The molecule has 4 nitrogen and oxygen atoms in total. The molecule has 0 radical (unpaired) electrons. The first-order valence-corrected chi connectivity index (χ1v) is 8.15. The molecule has 0 fully saturated rings. The molecular formula is C16H25NO3S. The third-order valence-corrected chi connectivity index (χ3v) is 4.51. The second kappa shape index (κ2) is 9.71. The monoisotopic (exact) mass is 311 g/mol. The number of thiophene rings is 1. The summed E-state index contributed by atoms with van der Waals surface area (Å²) in [7, 11) is 1.73. The van der Waals surface area contributed by atoms with Gasteiger partial charge >= 0.3 is 5.97 Å². The zero-order valence-electron chi connectivity index (χ0n) is 13.0. The number of rotatable bonds is 10. The Morgan fingerprint density at radius 2 is 2.14 bits per heavy atom. The van der Waals surface area contributed by atoms with Crippen LogP contribution in [0.2, 0.25) is 0 Å². The standard InChI is InChI=1S/C16H25NO3S/c1-4-13(5-2)17(10-11-20-3)12-15-7-6-14(21-15)8-9-16(18)19/h6-9,13H,4-5,10-12H2,1-3H3,(H,18,19). The molecule has 1 N–H and O–H groups in total. The molecule has 0 aromatic carbocycles. The van der Waals surface area contributed by atoms with Crippen molar-refractivity contribution in [2.75, 3.05) is 20.3 Å². The highest BCUT2D eigenvalue weighted by Gasteiger charge is 2.15. The molecule has 0 saturated carbocycles. The molecule has 5 heteroatoms. The van der Waals surface area contributed by atoms with Crippen LogP contribution in [0.1, 0.15) is 36.4 Å². The molecular weight excluding hydrogens is 286 g/mol. The summed E-state index contributed by atoms with van der Waals surface area (Å²) in [6, 6.07) is 4.61. The smallest absolute Gasteiger partial charge is 0.328 e. The van der Waals surface area contributed by atoms with E-state index in [1.54, 1.807) is 24.5 Å². The van der Waals surface area contributed by atoms with Crippen molar-refractivity contribution in [3.63, 3.8) is 0 Å². The molecule has 1 heterocycles. The largest absolute Gasteiger partial charge is 0.478 e. The van der Waals surface area contributed by atoms with E-state index in [4.69, 9.17) is 9.84 Å². The van der Waals surface area contributed by atoms with Crippen LogP contribution in [0.15, 0.2) is 18.2 Å². The Morgan fingerprint density at radius 1 is 1.43 bits per heavy atom. The quantitative estimate of drug-likeness (QED) is 0.672. The molecule has 0 saturated heterocycles. The first kappa shape index (κ1) is 17.9. The van der Waals surface area contributed by atoms with E-state index in [0.717, 1.165) is 37.4 Å². The lowest BCUT2D eigenvalue weighted by atomic mass is 10.1. The number of hydrogen-bond donors (Lipinski definition) is 1. The van der Waals surface area contributed by atoms with Gasteiger partial charge in [0.1, 0.15) is 0 Å². The van der Waals surface area contributed by atoms with Gasteiger partial charge in [0, 0.05) is 42.1 Å². The van der Waals surface area contributed by atoms with E-state index in [0.29, 0.717) is 6.04 Å². The van der Waals surface area contributed by atoms with Gasteiger partial charge < -0.3 is 9.84 Å². The molecule has 0 aliphatic carbocycles. The summed E-state index contributed by atoms with van der Waals surface area (Å²) in [5.74, 6) is -0.913. The average Bonchev–Trinajstić information content (AvgIpc) is 2.91. The van der Waals surface area contributed by atoms with Gasteiger partial charge in [-0.15, -0.1) is 11.3 Å². The van der Waals surface area contributed by atoms with Crippen LogP contribution in [0.3, 0.4) is 0 Å². The van der Waals surface area contributed by atoms with E-state index in [-0.39, 0.29) is 0 Å². The third-order valence-electron chi connectivity index (χ3n) is 3.47. The van der Waals surface area contributed by atoms with Crippen LogP contribution in [0.4, 0.5) is 0 Å². The lowest BCUT2D eigenvalue weighted by molar-refractivity contribution is -0.131. The Labute approximate surface area is 131 Å². The van der Waals surface area contributed by atoms with Gasteiger partial charge in [0.2, 0.25) is 0 Å². The van der Waals surface area contributed by atoms with E-state index in [2.05, 4.69) is 24.8 Å². The van der Waals surface area contributed by atoms with E-state index < -0.39 is 5.97 Å². The maximum Gasteiger partial charge on any atom is 0.328 e. The van der Waals surface area contributed by atoms with Crippen molar-refractivity contribution in [2.24, 2.45) is 0 Å². The zero-order valence-corrected chi connectivity index (χ0v) is 13.9. The van der Waals surface area contributed by atoms with Crippen molar-refractivity contribution in [1.29, 1.82) is 0 Å². The predicted molar refractivity (Wildman–Crippen MR) is 87.6 cm³/mol. The number of methoxy groups -OCH3 is 1. The minimum Gasteiger partial charge on any atom is -0.478 e. The van der Waals surface area contributed by atoms with Gasteiger partial charge in [-0.3, -0.25) is 4.90 Å². The highest BCUT2D eigenvalue weighted by molar-refractivity contribution is 7.12. The molecule has 0 bridgehead atoms. The van der Waals surface area contributed by atoms with E-state index in [1.165, 1.54) is 11.0 Å². The Bertz CT molecular complexity index is 452. The molecule has 0 spiro atoms. The van der Waals surface area contributed by atoms with Gasteiger partial charge in [-0.25, -0.2) is 4.79 Å². The molecule has 0 unspecified atom stereocenters. The van der Waals surface area contributed by atoms with Gasteiger partial charge in [0.05, 0.1) is 6.61 Å². The first-order valence-electron chi connectivity index (χ1n) is 7.33. The maximum absolute atomic E-state index is 10.5. The van der Waals surface area contributed by atoms with Crippen molar-refractivity contribution >= 4 is 23.4 Å². The van der Waals surface area contributed by atoms with E-state index in [9.17, 15) is 4.79 Å². The Hall–Kier alpha value is -1.17. The van der Waals surface area contributed by atoms with Crippen LogP contribution < -0.4 is 0 Å². The van der Waals surface area contributed by atoms with Gasteiger partial charge in [-0.2, -0.15) is 0 Å². The van der Waals surface area contributed by atoms with Crippen molar-refractivity contribution in [3.8, 4) is 0 Å². The van der Waals surface area contributed by atoms with Crippen LogP contribution in [0.5, 0.6) is 0 Å². The molecule has 0 amide bonds. The summed E-state index contributed by atoms with van der Waals surface area (Å²) >= 11 is 1.64. The Kier molecular flexibility index (Phi) is 8.27. The normalized spacial score (nSPS) is 11.9. The van der Waals surface area contributed by atoms with E-state index in [1.807, 2.05) is 6.07 Å². The molecule has 0 aliphatic rings. The summed E-state index contributed by atoms with van der Waals surface area (Å²) in [5, 5.41) is 8.66. The Balaban J connectivity index is 2.71. The van der Waals surface area contributed by atoms with Crippen LogP contribution >= 0.6 is 11.3 Å². The van der Waals surface area contributed by atoms with Gasteiger partial charge in [0.15, 0.2) is 0 Å². The molecule has 1 rings (SSSR count). The number of carbonyl (C=O) groups is 1. The highest BCUT2D eigenvalue weighted by Crippen LogP contribution is 2.21. The third kappa shape index (κ3) is 6.42. The van der Waals surface area contributed by atoms with Gasteiger partial charge in [0.25, 0.3) is 0 Å².